The standard InChI is InChI=1S/C19H20N2O3/c22-18-16-12-1-2-13(11-12)17(16)19(23)21(18)15-5-3-14(4-6-15)20-7-9-24-10-8-20/h1-6,12-13,22-23H,7-11H2/t12-,13+. The number of allylic oxidation sites excluding steroid dienone is 2. The van der Waals surface area contributed by atoms with Crippen LogP contribution in [0, 0.1) is 0 Å². The molecule has 0 unspecified atom stereocenters. The number of benzene rings is 1. The van der Waals surface area contributed by atoms with Crippen LogP contribution in [-0.4, -0.2) is 41.1 Å². The van der Waals surface area contributed by atoms with Crippen LogP contribution in [0.15, 0.2) is 36.4 Å². The molecule has 0 saturated carbocycles. The Morgan fingerprint density at radius 1 is 0.833 bits per heavy atom. The largest absolute Gasteiger partial charge is 0.494 e. The molecule has 0 amide bonds. The first-order valence-corrected chi connectivity index (χ1v) is 8.52. The van der Waals surface area contributed by atoms with E-state index in [0.29, 0.717) is 0 Å². The van der Waals surface area contributed by atoms with Crippen molar-refractivity contribution in [3.8, 4) is 17.4 Å². The minimum Gasteiger partial charge on any atom is -0.494 e. The van der Waals surface area contributed by atoms with Crippen LogP contribution in [0.3, 0.4) is 0 Å². The number of aromatic nitrogens is 1. The molecule has 3 aliphatic rings. The summed E-state index contributed by atoms with van der Waals surface area (Å²) in [5, 5.41) is 21.3. The molecule has 1 saturated heterocycles. The van der Waals surface area contributed by atoms with Crippen LogP contribution in [-0.2, 0) is 4.74 Å². The maximum atomic E-state index is 10.7. The Morgan fingerprint density at radius 3 is 1.96 bits per heavy atom. The van der Waals surface area contributed by atoms with E-state index < -0.39 is 0 Å². The molecular weight excluding hydrogens is 304 g/mol. The van der Waals surface area contributed by atoms with E-state index in [-0.39, 0.29) is 23.6 Å². The number of aromatic hydroxyl groups is 2. The summed E-state index contributed by atoms with van der Waals surface area (Å²) >= 11 is 0. The monoisotopic (exact) mass is 324 g/mol. The molecule has 24 heavy (non-hydrogen) atoms. The van der Waals surface area contributed by atoms with Crippen LogP contribution in [0.5, 0.6) is 11.8 Å². The third-order valence-corrected chi connectivity index (χ3v) is 5.50. The van der Waals surface area contributed by atoms with Gasteiger partial charge in [-0.2, -0.15) is 0 Å². The van der Waals surface area contributed by atoms with Crippen molar-refractivity contribution in [3.63, 3.8) is 0 Å². The van der Waals surface area contributed by atoms with Crippen molar-refractivity contribution in [1.29, 1.82) is 0 Å². The highest BCUT2D eigenvalue weighted by atomic mass is 16.5. The Bertz CT molecular complexity index is 781. The van der Waals surface area contributed by atoms with Crippen molar-refractivity contribution in [2.24, 2.45) is 0 Å². The van der Waals surface area contributed by atoms with E-state index in [1.54, 1.807) is 4.57 Å². The van der Waals surface area contributed by atoms with Crippen molar-refractivity contribution in [2.75, 3.05) is 31.2 Å². The molecule has 2 N–H and O–H groups in total. The minimum absolute atomic E-state index is 0.179. The third-order valence-electron chi connectivity index (χ3n) is 5.50. The van der Waals surface area contributed by atoms with Gasteiger partial charge >= 0.3 is 0 Å². The lowest BCUT2D eigenvalue weighted by Gasteiger charge is -2.29. The van der Waals surface area contributed by atoms with Crippen molar-refractivity contribution in [3.05, 3.63) is 47.5 Å². The first kappa shape index (κ1) is 14.0. The van der Waals surface area contributed by atoms with Gasteiger partial charge < -0.3 is 19.8 Å². The van der Waals surface area contributed by atoms with E-state index in [1.165, 1.54) is 0 Å². The maximum absolute atomic E-state index is 10.7. The average Bonchev–Trinajstić information content (AvgIpc) is 3.30. The Labute approximate surface area is 140 Å². The Balaban J connectivity index is 1.51. The van der Waals surface area contributed by atoms with Gasteiger partial charge in [-0.3, -0.25) is 4.57 Å². The fourth-order valence-corrected chi connectivity index (χ4v) is 4.32. The molecule has 0 spiro atoms. The minimum atomic E-state index is 0.179. The van der Waals surface area contributed by atoms with Gasteiger partial charge in [-0.1, -0.05) is 12.2 Å². The summed E-state index contributed by atoms with van der Waals surface area (Å²) in [4.78, 5) is 2.28. The van der Waals surface area contributed by atoms with Gasteiger partial charge in [0.05, 0.1) is 18.9 Å². The van der Waals surface area contributed by atoms with Gasteiger partial charge in [0.15, 0.2) is 0 Å². The number of hydrogen-bond donors (Lipinski definition) is 2. The molecule has 2 aliphatic carbocycles. The van der Waals surface area contributed by atoms with Crippen molar-refractivity contribution in [1.82, 2.24) is 4.57 Å². The highest BCUT2D eigenvalue weighted by molar-refractivity contribution is 5.63. The van der Waals surface area contributed by atoms with Gasteiger partial charge in [0.2, 0.25) is 11.8 Å². The maximum Gasteiger partial charge on any atom is 0.202 e. The Morgan fingerprint density at radius 2 is 1.38 bits per heavy atom. The SMILES string of the molecule is Oc1c2c(c(O)n1-c1ccc(N3CCOCC3)cc1)[C@H]1C=C[C@@H]2C1. The molecule has 2 heterocycles. The number of hydrogen-bond acceptors (Lipinski definition) is 4. The molecule has 1 aromatic carbocycles. The summed E-state index contributed by atoms with van der Waals surface area (Å²) in [6, 6.07) is 7.98. The Kier molecular flexibility index (Phi) is 2.94. The molecule has 0 radical (unpaired) electrons. The first-order chi connectivity index (χ1) is 11.7. The zero-order valence-corrected chi connectivity index (χ0v) is 13.4. The molecule has 1 fully saturated rings. The predicted octanol–water partition coefficient (Wildman–Crippen LogP) is 2.87. The smallest absolute Gasteiger partial charge is 0.202 e. The molecule has 124 valence electrons. The first-order valence-electron chi connectivity index (χ1n) is 8.52. The zero-order valence-electron chi connectivity index (χ0n) is 13.4. The second kappa shape index (κ2) is 5.05. The summed E-state index contributed by atoms with van der Waals surface area (Å²) in [5.41, 5.74) is 3.73. The molecule has 1 aromatic heterocycles. The van der Waals surface area contributed by atoms with Gasteiger partial charge in [-0.15, -0.1) is 0 Å². The highest BCUT2D eigenvalue weighted by Crippen LogP contribution is 2.57. The highest BCUT2D eigenvalue weighted by Gasteiger charge is 2.41. The second-order valence-electron chi connectivity index (χ2n) is 6.76. The molecule has 5 heteroatoms. The molecule has 2 atom stereocenters. The molecule has 1 aliphatic heterocycles. The zero-order chi connectivity index (χ0) is 16.3. The number of ether oxygens (including phenoxy) is 1. The van der Waals surface area contributed by atoms with Gasteiger partial charge in [-0.25, -0.2) is 0 Å². The molecule has 2 aromatic rings. The summed E-state index contributed by atoms with van der Waals surface area (Å²) in [6.45, 7) is 3.29. The topological polar surface area (TPSA) is 57.9 Å². The van der Waals surface area contributed by atoms with E-state index in [1.807, 2.05) is 24.3 Å². The number of rotatable bonds is 2. The summed E-state index contributed by atoms with van der Waals surface area (Å²) in [6.07, 6.45) is 5.25. The molecule has 2 bridgehead atoms. The fraction of sp³-hybridized carbons (Fsp3) is 0.368. The lowest BCUT2D eigenvalue weighted by atomic mass is 10.0. The van der Waals surface area contributed by atoms with Gasteiger partial charge in [0.1, 0.15) is 0 Å². The number of morpholine rings is 1. The number of nitrogens with zero attached hydrogens (tertiary/aromatic N) is 2. The van der Waals surface area contributed by atoms with Crippen molar-refractivity contribution < 1.29 is 14.9 Å². The summed E-state index contributed by atoms with van der Waals surface area (Å²) < 4.78 is 6.96. The van der Waals surface area contributed by atoms with E-state index in [2.05, 4.69) is 17.1 Å². The van der Waals surface area contributed by atoms with E-state index >= 15 is 0 Å². The lowest BCUT2D eigenvalue weighted by Crippen LogP contribution is -2.36. The van der Waals surface area contributed by atoms with E-state index in [9.17, 15) is 10.2 Å². The number of fused-ring (bicyclic) bond motifs is 5. The quantitative estimate of drug-likeness (QED) is 0.834. The van der Waals surface area contributed by atoms with Crippen LogP contribution in [0.25, 0.3) is 5.69 Å². The van der Waals surface area contributed by atoms with Crippen LogP contribution in [0.2, 0.25) is 0 Å². The predicted molar refractivity (Wildman–Crippen MR) is 91.4 cm³/mol. The summed E-state index contributed by atoms with van der Waals surface area (Å²) in [5.74, 6) is 0.839. The van der Waals surface area contributed by atoms with Crippen LogP contribution in [0.4, 0.5) is 5.69 Å². The number of anilines is 1. The van der Waals surface area contributed by atoms with Crippen LogP contribution < -0.4 is 4.90 Å². The van der Waals surface area contributed by atoms with Gasteiger partial charge in [-0.05, 0) is 30.7 Å². The van der Waals surface area contributed by atoms with Crippen LogP contribution in [0.1, 0.15) is 29.4 Å². The van der Waals surface area contributed by atoms with Crippen molar-refractivity contribution in [2.45, 2.75) is 18.3 Å². The normalized spacial score (nSPS) is 24.6. The Hall–Kier alpha value is -2.40. The third kappa shape index (κ3) is 1.85. The summed E-state index contributed by atoms with van der Waals surface area (Å²) in [7, 11) is 0. The molecule has 5 nitrogen and oxygen atoms in total. The van der Waals surface area contributed by atoms with E-state index in [0.717, 1.165) is 55.2 Å². The van der Waals surface area contributed by atoms with Gasteiger partial charge in [0, 0.05) is 41.7 Å². The van der Waals surface area contributed by atoms with Crippen molar-refractivity contribution >= 4 is 5.69 Å². The lowest BCUT2D eigenvalue weighted by molar-refractivity contribution is 0.122. The average molecular weight is 324 g/mol. The van der Waals surface area contributed by atoms with Crippen LogP contribution >= 0.6 is 0 Å². The fourth-order valence-electron chi connectivity index (χ4n) is 4.32. The van der Waals surface area contributed by atoms with Gasteiger partial charge in [0.25, 0.3) is 0 Å². The molecular formula is C19H20N2O3. The molecule has 5 rings (SSSR count). The van der Waals surface area contributed by atoms with E-state index in [4.69, 9.17) is 4.74 Å². The second-order valence-corrected chi connectivity index (χ2v) is 6.76.